The summed E-state index contributed by atoms with van der Waals surface area (Å²) in [6.45, 7) is -0.561. The molecular formula is C8H9BrCl2FN. The van der Waals surface area contributed by atoms with Crippen molar-refractivity contribution in [3.8, 4) is 0 Å². The Hall–Kier alpha value is 0.170. The first-order valence-corrected chi connectivity index (χ1v) is 4.58. The maximum absolute atomic E-state index is 12.1. The van der Waals surface area contributed by atoms with Gasteiger partial charge in [0.1, 0.15) is 6.67 Å². The summed E-state index contributed by atoms with van der Waals surface area (Å²) in [7, 11) is 0. The van der Waals surface area contributed by atoms with E-state index in [0.717, 1.165) is 10.0 Å². The first-order valence-electron chi connectivity index (χ1n) is 3.41. The zero-order chi connectivity index (χ0) is 9.14. The van der Waals surface area contributed by atoms with Gasteiger partial charge in [-0.05, 0) is 33.6 Å². The van der Waals surface area contributed by atoms with E-state index in [2.05, 4.69) is 15.9 Å². The summed E-state index contributed by atoms with van der Waals surface area (Å²) >= 11 is 8.98. The number of hydrogen-bond donors (Lipinski definition) is 1. The highest BCUT2D eigenvalue weighted by Crippen LogP contribution is 2.25. The molecule has 5 heteroatoms. The second-order valence-electron chi connectivity index (χ2n) is 2.43. The van der Waals surface area contributed by atoms with E-state index >= 15 is 0 Å². The van der Waals surface area contributed by atoms with Gasteiger partial charge in [-0.2, -0.15) is 0 Å². The fraction of sp³-hybridized carbons (Fsp3) is 0.250. The SMILES string of the molecule is Cl.N[C@@H](CF)c1ccc(Cl)c(Br)c1. The first-order chi connectivity index (χ1) is 5.65. The third kappa shape index (κ3) is 3.43. The largest absolute Gasteiger partial charge is 0.322 e. The Balaban J connectivity index is 0.00000144. The molecule has 0 amide bonds. The molecule has 0 saturated heterocycles. The van der Waals surface area contributed by atoms with Crippen molar-refractivity contribution >= 4 is 39.9 Å². The number of halogens is 4. The van der Waals surface area contributed by atoms with Gasteiger partial charge in [-0.25, -0.2) is 4.39 Å². The molecule has 1 atom stereocenters. The van der Waals surface area contributed by atoms with Crippen LogP contribution in [0.25, 0.3) is 0 Å². The highest BCUT2D eigenvalue weighted by molar-refractivity contribution is 9.10. The van der Waals surface area contributed by atoms with Crippen LogP contribution in [0.4, 0.5) is 4.39 Å². The number of nitrogens with two attached hydrogens (primary N) is 1. The lowest BCUT2D eigenvalue weighted by atomic mass is 10.1. The molecule has 0 fully saturated rings. The Labute approximate surface area is 96.0 Å². The van der Waals surface area contributed by atoms with Gasteiger partial charge in [0.2, 0.25) is 0 Å². The van der Waals surface area contributed by atoms with Crippen LogP contribution in [0.5, 0.6) is 0 Å². The van der Waals surface area contributed by atoms with Crippen LogP contribution in [0.3, 0.4) is 0 Å². The fourth-order valence-electron chi connectivity index (χ4n) is 0.832. The molecule has 2 N–H and O–H groups in total. The molecule has 13 heavy (non-hydrogen) atoms. The maximum Gasteiger partial charge on any atom is 0.109 e. The van der Waals surface area contributed by atoms with Crippen LogP contribution in [0.1, 0.15) is 11.6 Å². The van der Waals surface area contributed by atoms with E-state index in [4.69, 9.17) is 17.3 Å². The van der Waals surface area contributed by atoms with Crippen molar-refractivity contribution in [1.82, 2.24) is 0 Å². The van der Waals surface area contributed by atoms with Crippen molar-refractivity contribution in [2.45, 2.75) is 6.04 Å². The Morgan fingerprint density at radius 2 is 2.15 bits per heavy atom. The molecule has 0 aromatic heterocycles. The zero-order valence-corrected chi connectivity index (χ0v) is 9.79. The number of hydrogen-bond acceptors (Lipinski definition) is 1. The summed E-state index contributed by atoms with van der Waals surface area (Å²) in [6.07, 6.45) is 0. The second kappa shape index (κ2) is 5.81. The molecule has 0 radical (unpaired) electrons. The summed E-state index contributed by atoms with van der Waals surface area (Å²) in [5, 5.41) is 0.602. The molecule has 1 aromatic carbocycles. The van der Waals surface area contributed by atoms with Gasteiger partial charge in [-0.1, -0.05) is 17.7 Å². The van der Waals surface area contributed by atoms with Crippen molar-refractivity contribution in [1.29, 1.82) is 0 Å². The quantitative estimate of drug-likeness (QED) is 0.886. The van der Waals surface area contributed by atoms with E-state index in [9.17, 15) is 4.39 Å². The summed E-state index contributed by atoms with van der Waals surface area (Å²) in [5.74, 6) is 0. The van der Waals surface area contributed by atoms with E-state index in [0.29, 0.717) is 5.02 Å². The Bertz CT molecular complexity index is 283. The molecule has 1 aromatic rings. The zero-order valence-electron chi connectivity index (χ0n) is 6.64. The third-order valence-electron chi connectivity index (χ3n) is 1.54. The molecule has 1 nitrogen and oxygen atoms in total. The Morgan fingerprint density at radius 1 is 1.54 bits per heavy atom. The van der Waals surface area contributed by atoms with Crippen LogP contribution >= 0.6 is 39.9 Å². The number of rotatable bonds is 2. The van der Waals surface area contributed by atoms with Crippen LogP contribution in [-0.4, -0.2) is 6.67 Å². The van der Waals surface area contributed by atoms with Crippen LogP contribution in [0, 0.1) is 0 Å². The lowest BCUT2D eigenvalue weighted by molar-refractivity contribution is 0.437. The predicted octanol–water partition coefficient (Wildman–Crippen LogP) is 3.49. The molecule has 0 aliphatic carbocycles. The van der Waals surface area contributed by atoms with Crippen molar-refractivity contribution < 1.29 is 4.39 Å². The molecule has 0 unspecified atom stereocenters. The van der Waals surface area contributed by atoms with Crippen LogP contribution in [0.15, 0.2) is 22.7 Å². The Morgan fingerprint density at radius 3 is 2.62 bits per heavy atom. The van der Waals surface area contributed by atoms with E-state index in [1.54, 1.807) is 18.2 Å². The van der Waals surface area contributed by atoms with E-state index in [1.807, 2.05) is 0 Å². The molecule has 0 heterocycles. The van der Waals surface area contributed by atoms with Gasteiger partial charge >= 0.3 is 0 Å². The second-order valence-corrected chi connectivity index (χ2v) is 3.70. The first kappa shape index (κ1) is 13.2. The van der Waals surface area contributed by atoms with E-state index < -0.39 is 12.7 Å². The average molecular weight is 289 g/mol. The molecular weight excluding hydrogens is 280 g/mol. The number of benzene rings is 1. The highest BCUT2D eigenvalue weighted by Gasteiger charge is 2.06. The van der Waals surface area contributed by atoms with Crippen molar-refractivity contribution in [3.63, 3.8) is 0 Å². The van der Waals surface area contributed by atoms with Crippen molar-refractivity contribution in [2.75, 3.05) is 6.67 Å². The summed E-state index contributed by atoms with van der Waals surface area (Å²) in [4.78, 5) is 0. The Kier molecular flexibility index (Phi) is 5.88. The predicted molar refractivity (Wildman–Crippen MR) is 59.3 cm³/mol. The maximum atomic E-state index is 12.1. The summed E-state index contributed by atoms with van der Waals surface area (Å²) in [6, 6.07) is 4.58. The van der Waals surface area contributed by atoms with Gasteiger partial charge < -0.3 is 5.73 Å². The normalized spacial score (nSPS) is 12.0. The standard InChI is InChI=1S/C8H8BrClFN.ClH/c9-6-3-5(8(12)4-11)1-2-7(6)10;/h1-3,8H,4,12H2;1H/t8-;/m0./s1. The topological polar surface area (TPSA) is 26.0 Å². The highest BCUT2D eigenvalue weighted by atomic mass is 79.9. The summed E-state index contributed by atoms with van der Waals surface area (Å²) < 4.78 is 12.9. The molecule has 74 valence electrons. The van der Waals surface area contributed by atoms with Crippen molar-refractivity contribution in [2.24, 2.45) is 5.73 Å². The lowest BCUT2D eigenvalue weighted by Gasteiger charge is -2.07. The van der Waals surface area contributed by atoms with Gasteiger partial charge in [-0.3, -0.25) is 0 Å². The van der Waals surface area contributed by atoms with Crippen LogP contribution in [0.2, 0.25) is 5.02 Å². The molecule has 0 aliphatic heterocycles. The number of alkyl halides is 1. The average Bonchev–Trinajstić information content (AvgIpc) is 2.08. The van der Waals surface area contributed by atoms with Gasteiger partial charge in [-0.15, -0.1) is 12.4 Å². The van der Waals surface area contributed by atoms with Gasteiger partial charge in [0.05, 0.1) is 11.1 Å². The van der Waals surface area contributed by atoms with Crippen molar-refractivity contribution in [3.05, 3.63) is 33.3 Å². The smallest absolute Gasteiger partial charge is 0.109 e. The summed E-state index contributed by atoms with van der Waals surface area (Å²) in [5.41, 5.74) is 6.22. The van der Waals surface area contributed by atoms with E-state index in [1.165, 1.54) is 0 Å². The van der Waals surface area contributed by atoms with Crippen LogP contribution < -0.4 is 5.73 Å². The minimum absolute atomic E-state index is 0. The molecule has 1 rings (SSSR count). The minimum atomic E-state index is -0.561. The van der Waals surface area contributed by atoms with Gasteiger partial charge in [0, 0.05) is 4.47 Å². The molecule has 0 aliphatic rings. The van der Waals surface area contributed by atoms with Crippen LogP contribution in [-0.2, 0) is 0 Å². The lowest BCUT2D eigenvalue weighted by Crippen LogP contribution is -2.11. The molecule has 0 bridgehead atoms. The minimum Gasteiger partial charge on any atom is -0.322 e. The molecule has 0 spiro atoms. The van der Waals surface area contributed by atoms with Gasteiger partial charge in [0.15, 0.2) is 0 Å². The third-order valence-corrected chi connectivity index (χ3v) is 2.75. The molecule has 0 saturated carbocycles. The van der Waals surface area contributed by atoms with E-state index in [-0.39, 0.29) is 12.4 Å². The fourth-order valence-corrected chi connectivity index (χ4v) is 1.35. The van der Waals surface area contributed by atoms with Gasteiger partial charge in [0.25, 0.3) is 0 Å². The monoisotopic (exact) mass is 287 g/mol.